The Morgan fingerprint density at radius 2 is 1.94 bits per heavy atom. The van der Waals surface area contributed by atoms with E-state index in [-0.39, 0.29) is 6.61 Å². The van der Waals surface area contributed by atoms with Crippen molar-refractivity contribution in [1.82, 2.24) is 0 Å². The topological polar surface area (TPSA) is 55.8 Å². The van der Waals surface area contributed by atoms with Crippen LogP contribution >= 0.6 is 0 Å². The number of benzene rings is 1. The highest BCUT2D eigenvalue weighted by atomic mass is 16.5. The number of hydrogen-bond acceptors (Lipinski definition) is 4. The number of ether oxygens (including phenoxy) is 2. The van der Waals surface area contributed by atoms with Gasteiger partial charge in [0.2, 0.25) is 0 Å². The lowest BCUT2D eigenvalue weighted by Gasteiger charge is -2.24. The minimum Gasteiger partial charge on any atom is -0.493 e. The van der Waals surface area contributed by atoms with Crippen LogP contribution in [0.4, 0.5) is 0 Å². The molecule has 0 aliphatic rings. The Morgan fingerprint density at radius 1 is 1.29 bits per heavy atom. The highest BCUT2D eigenvalue weighted by molar-refractivity contribution is 5.82. The molecule has 17 heavy (non-hydrogen) atoms. The molecule has 4 heteroatoms. The third-order valence-corrected chi connectivity index (χ3v) is 2.81. The van der Waals surface area contributed by atoms with Gasteiger partial charge in [-0.3, -0.25) is 4.79 Å². The Hall–Kier alpha value is -1.55. The maximum atomic E-state index is 11.0. The van der Waals surface area contributed by atoms with Gasteiger partial charge < -0.3 is 14.6 Å². The monoisotopic (exact) mass is 238 g/mol. The second-order valence-electron chi connectivity index (χ2n) is 4.46. The number of hydrogen-bond donors (Lipinski definition) is 1. The Labute approximate surface area is 101 Å². The SMILES string of the molecule is COc1cc(C(C)(C)CO)cc(C=O)c1OC. The van der Waals surface area contributed by atoms with Crippen molar-refractivity contribution in [3.63, 3.8) is 0 Å². The summed E-state index contributed by atoms with van der Waals surface area (Å²) in [7, 11) is 3.00. The number of aliphatic hydroxyl groups excluding tert-OH is 1. The lowest BCUT2D eigenvalue weighted by molar-refractivity contribution is 0.111. The number of aldehydes is 1. The zero-order valence-electron chi connectivity index (χ0n) is 10.6. The van der Waals surface area contributed by atoms with Crippen LogP contribution in [0.5, 0.6) is 11.5 Å². The van der Waals surface area contributed by atoms with Crippen molar-refractivity contribution < 1.29 is 19.4 Å². The van der Waals surface area contributed by atoms with Gasteiger partial charge in [0.05, 0.1) is 26.4 Å². The summed E-state index contributed by atoms with van der Waals surface area (Å²) in [5.41, 5.74) is 0.820. The molecule has 94 valence electrons. The molecule has 0 spiro atoms. The highest BCUT2D eigenvalue weighted by Gasteiger charge is 2.23. The van der Waals surface area contributed by atoms with E-state index in [2.05, 4.69) is 0 Å². The summed E-state index contributed by atoms with van der Waals surface area (Å²) in [6, 6.07) is 3.49. The zero-order chi connectivity index (χ0) is 13.1. The summed E-state index contributed by atoms with van der Waals surface area (Å²) in [5, 5.41) is 9.34. The number of methoxy groups -OCH3 is 2. The van der Waals surface area contributed by atoms with Crippen molar-refractivity contribution in [3.8, 4) is 11.5 Å². The first-order chi connectivity index (χ1) is 8.00. The molecule has 0 heterocycles. The summed E-state index contributed by atoms with van der Waals surface area (Å²) in [6.07, 6.45) is 0.721. The second kappa shape index (κ2) is 5.19. The third kappa shape index (κ3) is 2.58. The molecule has 0 aromatic heterocycles. The Kier molecular flexibility index (Phi) is 4.12. The van der Waals surface area contributed by atoms with Crippen LogP contribution in [0.25, 0.3) is 0 Å². The van der Waals surface area contributed by atoms with Gasteiger partial charge in [-0.2, -0.15) is 0 Å². The first-order valence-electron chi connectivity index (χ1n) is 5.32. The Morgan fingerprint density at radius 3 is 2.35 bits per heavy atom. The fourth-order valence-corrected chi connectivity index (χ4v) is 1.56. The summed E-state index contributed by atoms with van der Waals surface area (Å²) < 4.78 is 10.3. The maximum Gasteiger partial charge on any atom is 0.171 e. The second-order valence-corrected chi connectivity index (χ2v) is 4.46. The fraction of sp³-hybridized carbons (Fsp3) is 0.462. The number of rotatable bonds is 5. The van der Waals surface area contributed by atoms with Gasteiger partial charge in [0.25, 0.3) is 0 Å². The summed E-state index contributed by atoms with van der Waals surface area (Å²) in [5.74, 6) is 0.911. The molecule has 1 aromatic carbocycles. The van der Waals surface area contributed by atoms with E-state index in [4.69, 9.17) is 9.47 Å². The molecule has 0 unspecified atom stereocenters. The van der Waals surface area contributed by atoms with Crippen LogP contribution in [0.2, 0.25) is 0 Å². The van der Waals surface area contributed by atoms with Gasteiger partial charge in [-0.05, 0) is 17.7 Å². The van der Waals surface area contributed by atoms with Gasteiger partial charge in [-0.25, -0.2) is 0 Å². The molecule has 1 rings (SSSR count). The molecule has 4 nitrogen and oxygen atoms in total. The fourth-order valence-electron chi connectivity index (χ4n) is 1.56. The summed E-state index contributed by atoms with van der Waals surface area (Å²) in [4.78, 5) is 11.0. The van der Waals surface area contributed by atoms with Crippen molar-refractivity contribution in [1.29, 1.82) is 0 Å². The van der Waals surface area contributed by atoms with Crippen molar-refractivity contribution in [2.75, 3.05) is 20.8 Å². The number of aliphatic hydroxyl groups is 1. The summed E-state index contributed by atoms with van der Waals surface area (Å²) in [6.45, 7) is 3.77. The number of carbonyl (C=O) groups excluding carboxylic acids is 1. The van der Waals surface area contributed by atoms with Gasteiger partial charge in [0.1, 0.15) is 0 Å². The van der Waals surface area contributed by atoms with Crippen molar-refractivity contribution in [2.24, 2.45) is 0 Å². The van der Waals surface area contributed by atoms with Gasteiger partial charge >= 0.3 is 0 Å². The average Bonchev–Trinajstić information content (AvgIpc) is 2.36. The molecule has 0 atom stereocenters. The first-order valence-corrected chi connectivity index (χ1v) is 5.32. The van der Waals surface area contributed by atoms with E-state index in [9.17, 15) is 9.90 Å². The predicted octanol–water partition coefficient (Wildman–Crippen LogP) is 1.79. The van der Waals surface area contributed by atoms with Crippen LogP contribution in [0.15, 0.2) is 12.1 Å². The Bertz CT molecular complexity index is 410. The minimum absolute atomic E-state index is 0.0131. The molecule has 0 radical (unpaired) electrons. The van der Waals surface area contributed by atoms with E-state index in [0.717, 1.165) is 11.8 Å². The van der Waals surface area contributed by atoms with Crippen LogP contribution in [-0.2, 0) is 5.41 Å². The molecule has 0 saturated carbocycles. The van der Waals surface area contributed by atoms with E-state index in [1.165, 1.54) is 14.2 Å². The predicted molar refractivity (Wildman–Crippen MR) is 65.0 cm³/mol. The average molecular weight is 238 g/mol. The lowest BCUT2D eigenvalue weighted by atomic mass is 9.84. The Balaban J connectivity index is 3.42. The standard InChI is InChI=1S/C13H18O4/c1-13(2,8-15)10-5-9(7-14)12(17-4)11(6-10)16-3/h5-7,15H,8H2,1-4H3. The first kappa shape index (κ1) is 13.5. The highest BCUT2D eigenvalue weighted by Crippen LogP contribution is 2.35. The van der Waals surface area contributed by atoms with Crippen LogP contribution in [0.3, 0.4) is 0 Å². The maximum absolute atomic E-state index is 11.0. The van der Waals surface area contributed by atoms with Gasteiger partial charge in [-0.1, -0.05) is 13.8 Å². The van der Waals surface area contributed by atoms with Crippen LogP contribution < -0.4 is 9.47 Å². The molecule has 0 bridgehead atoms. The quantitative estimate of drug-likeness (QED) is 0.794. The smallest absolute Gasteiger partial charge is 0.171 e. The van der Waals surface area contributed by atoms with Gasteiger partial charge in [-0.15, -0.1) is 0 Å². The largest absolute Gasteiger partial charge is 0.493 e. The van der Waals surface area contributed by atoms with E-state index in [1.807, 2.05) is 13.8 Å². The molecular formula is C13H18O4. The molecule has 0 amide bonds. The molecule has 0 fully saturated rings. The van der Waals surface area contributed by atoms with Crippen molar-refractivity contribution in [2.45, 2.75) is 19.3 Å². The van der Waals surface area contributed by atoms with Crippen molar-refractivity contribution >= 4 is 6.29 Å². The number of carbonyl (C=O) groups is 1. The summed E-state index contributed by atoms with van der Waals surface area (Å²) >= 11 is 0. The van der Waals surface area contributed by atoms with E-state index >= 15 is 0 Å². The molecule has 1 aromatic rings. The lowest BCUT2D eigenvalue weighted by Crippen LogP contribution is -2.22. The molecular weight excluding hydrogens is 220 g/mol. The molecule has 0 aliphatic carbocycles. The molecule has 1 N–H and O–H groups in total. The van der Waals surface area contributed by atoms with E-state index in [0.29, 0.717) is 17.1 Å². The van der Waals surface area contributed by atoms with Crippen molar-refractivity contribution in [3.05, 3.63) is 23.3 Å². The minimum atomic E-state index is -0.433. The van der Waals surface area contributed by atoms with Crippen LogP contribution in [-0.4, -0.2) is 32.2 Å². The molecule has 0 aliphatic heterocycles. The van der Waals surface area contributed by atoms with E-state index < -0.39 is 5.41 Å². The molecule has 0 saturated heterocycles. The third-order valence-electron chi connectivity index (χ3n) is 2.81. The normalized spacial score (nSPS) is 11.1. The van der Waals surface area contributed by atoms with E-state index in [1.54, 1.807) is 12.1 Å². The van der Waals surface area contributed by atoms with Gasteiger partial charge in [0.15, 0.2) is 17.8 Å². The zero-order valence-corrected chi connectivity index (χ0v) is 10.6. The van der Waals surface area contributed by atoms with Crippen LogP contribution in [0.1, 0.15) is 29.8 Å². The van der Waals surface area contributed by atoms with Gasteiger partial charge in [0, 0.05) is 5.41 Å². The van der Waals surface area contributed by atoms with Crippen LogP contribution in [0, 0.1) is 0 Å².